The maximum atomic E-state index is 12.6. The van der Waals surface area contributed by atoms with Crippen molar-refractivity contribution >= 4 is 5.91 Å². The number of aliphatic hydroxyl groups excluding tert-OH is 1. The molecule has 5 nitrogen and oxygen atoms in total. The van der Waals surface area contributed by atoms with Crippen molar-refractivity contribution in [2.45, 2.75) is 44.5 Å². The van der Waals surface area contributed by atoms with Gasteiger partial charge in [-0.05, 0) is 12.0 Å². The predicted octanol–water partition coefficient (Wildman–Crippen LogP) is 1.17. The van der Waals surface area contributed by atoms with E-state index in [1.165, 1.54) is 5.56 Å². The lowest BCUT2D eigenvalue weighted by Gasteiger charge is -2.61. The molecule has 3 aliphatic rings. The summed E-state index contributed by atoms with van der Waals surface area (Å²) in [6.45, 7) is 9.21. The highest BCUT2D eigenvalue weighted by Gasteiger charge is 2.56. The summed E-state index contributed by atoms with van der Waals surface area (Å²) in [5.41, 5.74) is 1.36. The van der Waals surface area contributed by atoms with Crippen LogP contribution in [0.2, 0.25) is 0 Å². The lowest BCUT2D eigenvalue weighted by Crippen LogP contribution is -2.78. The summed E-state index contributed by atoms with van der Waals surface area (Å²) >= 11 is 0. The van der Waals surface area contributed by atoms with Crippen LogP contribution in [0.3, 0.4) is 0 Å². The van der Waals surface area contributed by atoms with Gasteiger partial charge in [0.25, 0.3) is 0 Å². The molecule has 0 radical (unpaired) electrons. The summed E-state index contributed by atoms with van der Waals surface area (Å²) in [5.74, 6) is 0.289. The Hall–Kier alpha value is -1.43. The van der Waals surface area contributed by atoms with Gasteiger partial charge in [0, 0.05) is 51.2 Å². The number of nitrogens with zero attached hydrogens (tertiary/aromatic N) is 3. The maximum absolute atomic E-state index is 12.6. The highest BCUT2D eigenvalue weighted by Crippen LogP contribution is 2.39. The summed E-state index contributed by atoms with van der Waals surface area (Å²) in [7, 11) is 0. The average molecular weight is 343 g/mol. The molecule has 3 heterocycles. The van der Waals surface area contributed by atoms with Gasteiger partial charge in [-0.15, -0.1) is 0 Å². The smallest absolute Gasteiger partial charge is 0.225 e. The number of piperazine rings is 1. The molecule has 1 N–H and O–H groups in total. The number of amides is 1. The first-order valence-electron chi connectivity index (χ1n) is 9.47. The van der Waals surface area contributed by atoms with Crippen molar-refractivity contribution in [3.8, 4) is 0 Å². The molecule has 136 valence electrons. The second kappa shape index (κ2) is 6.38. The lowest BCUT2D eigenvalue weighted by molar-refractivity contribution is -0.153. The molecule has 3 aliphatic heterocycles. The van der Waals surface area contributed by atoms with Crippen molar-refractivity contribution in [3.05, 3.63) is 35.9 Å². The van der Waals surface area contributed by atoms with Crippen molar-refractivity contribution in [3.63, 3.8) is 0 Å². The molecule has 5 heteroatoms. The van der Waals surface area contributed by atoms with Crippen LogP contribution in [-0.2, 0) is 11.3 Å². The molecule has 0 aliphatic carbocycles. The van der Waals surface area contributed by atoms with Gasteiger partial charge in [0.05, 0.1) is 11.6 Å². The molecule has 1 spiro atoms. The topological polar surface area (TPSA) is 47.0 Å². The van der Waals surface area contributed by atoms with Crippen LogP contribution < -0.4 is 0 Å². The van der Waals surface area contributed by atoms with Crippen molar-refractivity contribution in [1.29, 1.82) is 0 Å². The fourth-order valence-electron chi connectivity index (χ4n) is 4.97. The molecule has 4 rings (SSSR count). The minimum atomic E-state index is -0.251. The third-order valence-corrected chi connectivity index (χ3v) is 6.01. The third kappa shape index (κ3) is 3.09. The summed E-state index contributed by atoms with van der Waals surface area (Å²) < 4.78 is 0. The second-order valence-electron chi connectivity index (χ2n) is 8.42. The molecule has 1 aromatic rings. The predicted molar refractivity (Wildman–Crippen MR) is 97.0 cm³/mol. The molecule has 3 saturated heterocycles. The Balaban J connectivity index is 1.48. The first-order chi connectivity index (χ1) is 12.0. The summed E-state index contributed by atoms with van der Waals surface area (Å²) in [4.78, 5) is 19.6. The van der Waals surface area contributed by atoms with Crippen molar-refractivity contribution in [1.82, 2.24) is 14.7 Å². The minimum absolute atomic E-state index is 0.0275. The lowest BCUT2D eigenvalue weighted by atomic mass is 9.83. The Morgan fingerprint density at radius 3 is 2.60 bits per heavy atom. The van der Waals surface area contributed by atoms with E-state index in [1.807, 2.05) is 19.9 Å². The number of β-amino-alcohol motifs (C(OH)–C–C–N with tert-alkyl or cyclic N) is 1. The number of carbonyl (C=O) groups is 1. The van der Waals surface area contributed by atoms with E-state index in [-0.39, 0.29) is 23.5 Å². The largest absolute Gasteiger partial charge is 0.392 e. The average Bonchev–Trinajstić information content (AvgIpc) is 2.94. The van der Waals surface area contributed by atoms with Crippen LogP contribution in [0.15, 0.2) is 30.3 Å². The van der Waals surface area contributed by atoms with E-state index in [9.17, 15) is 9.90 Å². The molecule has 0 bridgehead atoms. The summed E-state index contributed by atoms with van der Waals surface area (Å²) in [6.07, 6.45) is 0.543. The van der Waals surface area contributed by atoms with Crippen LogP contribution >= 0.6 is 0 Å². The van der Waals surface area contributed by atoms with Gasteiger partial charge in [-0.3, -0.25) is 14.6 Å². The Labute approximate surface area is 150 Å². The van der Waals surface area contributed by atoms with E-state index >= 15 is 0 Å². The van der Waals surface area contributed by atoms with Crippen LogP contribution in [0.4, 0.5) is 0 Å². The number of fused-ring (bicyclic) bond motifs is 2. The Kier molecular flexibility index (Phi) is 4.34. The fraction of sp³-hybridized carbons (Fsp3) is 0.650. The van der Waals surface area contributed by atoms with Gasteiger partial charge < -0.3 is 10.0 Å². The number of carbonyl (C=O) groups excluding carboxylic acids is 1. The molecule has 1 amide bonds. The van der Waals surface area contributed by atoms with E-state index in [0.717, 1.165) is 45.7 Å². The van der Waals surface area contributed by atoms with Gasteiger partial charge in [0.15, 0.2) is 0 Å². The highest BCUT2D eigenvalue weighted by atomic mass is 16.3. The second-order valence-corrected chi connectivity index (χ2v) is 8.42. The number of hydrogen-bond acceptors (Lipinski definition) is 4. The molecule has 1 aromatic carbocycles. The molecule has 3 fully saturated rings. The monoisotopic (exact) mass is 343 g/mol. The third-order valence-electron chi connectivity index (χ3n) is 6.01. The van der Waals surface area contributed by atoms with E-state index < -0.39 is 0 Å². The number of aliphatic hydroxyl groups is 1. The molecule has 2 unspecified atom stereocenters. The maximum Gasteiger partial charge on any atom is 0.225 e. The zero-order valence-corrected chi connectivity index (χ0v) is 15.3. The van der Waals surface area contributed by atoms with Gasteiger partial charge in [-0.2, -0.15) is 0 Å². The van der Waals surface area contributed by atoms with Crippen LogP contribution in [0.5, 0.6) is 0 Å². The standard InChI is InChI=1S/C20H29N3O2/c1-15(2)19(25)22-10-17-8-18(24)11-23(17)20(14-22)12-21(13-20)9-16-6-4-3-5-7-16/h3-7,15,17-18,24H,8-14H2,1-2H3. The van der Waals surface area contributed by atoms with E-state index in [0.29, 0.717) is 6.04 Å². The van der Waals surface area contributed by atoms with Crippen LogP contribution in [0.25, 0.3) is 0 Å². The van der Waals surface area contributed by atoms with Gasteiger partial charge >= 0.3 is 0 Å². The van der Waals surface area contributed by atoms with Gasteiger partial charge in [0.2, 0.25) is 5.91 Å². The first kappa shape index (κ1) is 17.0. The van der Waals surface area contributed by atoms with Crippen molar-refractivity contribution in [2.75, 3.05) is 32.7 Å². The highest BCUT2D eigenvalue weighted by molar-refractivity contribution is 5.78. The first-order valence-corrected chi connectivity index (χ1v) is 9.47. The normalized spacial score (nSPS) is 29.0. The zero-order valence-electron chi connectivity index (χ0n) is 15.3. The van der Waals surface area contributed by atoms with Crippen LogP contribution in [0.1, 0.15) is 25.8 Å². The number of hydrogen-bond donors (Lipinski definition) is 1. The fourth-order valence-corrected chi connectivity index (χ4v) is 4.97. The number of likely N-dealkylation sites (tertiary alicyclic amines) is 1. The summed E-state index contributed by atoms with van der Waals surface area (Å²) in [6, 6.07) is 10.9. The Morgan fingerprint density at radius 2 is 1.92 bits per heavy atom. The number of rotatable bonds is 3. The summed E-state index contributed by atoms with van der Waals surface area (Å²) in [5, 5.41) is 10.2. The minimum Gasteiger partial charge on any atom is -0.392 e. The molecule has 25 heavy (non-hydrogen) atoms. The van der Waals surface area contributed by atoms with E-state index in [1.54, 1.807) is 0 Å². The van der Waals surface area contributed by atoms with Gasteiger partial charge in [-0.1, -0.05) is 44.2 Å². The van der Waals surface area contributed by atoms with Gasteiger partial charge in [0.1, 0.15) is 0 Å². The molecule has 0 saturated carbocycles. The van der Waals surface area contributed by atoms with Crippen LogP contribution in [0, 0.1) is 5.92 Å². The quantitative estimate of drug-likeness (QED) is 0.895. The molecular weight excluding hydrogens is 314 g/mol. The van der Waals surface area contributed by atoms with Gasteiger partial charge in [-0.25, -0.2) is 0 Å². The Bertz CT molecular complexity index is 627. The van der Waals surface area contributed by atoms with Crippen molar-refractivity contribution in [2.24, 2.45) is 5.92 Å². The Morgan fingerprint density at radius 1 is 1.20 bits per heavy atom. The number of benzene rings is 1. The molecule has 2 atom stereocenters. The zero-order chi connectivity index (χ0) is 17.6. The van der Waals surface area contributed by atoms with Crippen molar-refractivity contribution < 1.29 is 9.90 Å². The van der Waals surface area contributed by atoms with E-state index in [2.05, 4.69) is 39.0 Å². The SMILES string of the molecule is CC(C)C(=O)N1CC2CC(O)CN2C2(CN(Cc3ccccc3)C2)C1. The van der Waals surface area contributed by atoms with E-state index in [4.69, 9.17) is 0 Å². The molecular formula is C20H29N3O2. The van der Waals surface area contributed by atoms with Crippen LogP contribution in [-0.4, -0.2) is 76.1 Å². The molecule has 0 aromatic heterocycles.